The van der Waals surface area contributed by atoms with E-state index in [2.05, 4.69) is 41.7 Å². The molecule has 0 radical (unpaired) electrons. The first-order chi connectivity index (χ1) is 9.67. The molecule has 0 amide bonds. The van der Waals surface area contributed by atoms with Gasteiger partial charge in [-0.2, -0.15) is 5.10 Å². The van der Waals surface area contributed by atoms with Crippen molar-refractivity contribution in [3.63, 3.8) is 0 Å². The van der Waals surface area contributed by atoms with E-state index in [1.54, 1.807) is 6.20 Å². The molecule has 0 saturated heterocycles. The molecule has 5 nitrogen and oxygen atoms in total. The average molecular weight is 269 g/mol. The zero-order valence-electron chi connectivity index (χ0n) is 11.9. The normalized spacial score (nSPS) is 11.3. The number of imidazole rings is 1. The Labute approximate surface area is 118 Å². The Kier molecular flexibility index (Phi) is 3.18. The number of nitrogens with zero attached hydrogens (tertiary/aromatic N) is 4. The van der Waals surface area contributed by atoms with Crippen LogP contribution in [0.15, 0.2) is 30.6 Å². The third kappa shape index (κ3) is 2.27. The van der Waals surface area contributed by atoms with Crippen molar-refractivity contribution in [2.24, 2.45) is 0 Å². The smallest absolute Gasteiger partial charge is 0.131 e. The Morgan fingerprint density at radius 2 is 2.15 bits per heavy atom. The van der Waals surface area contributed by atoms with E-state index in [1.807, 2.05) is 10.9 Å². The van der Waals surface area contributed by atoms with Crippen LogP contribution in [-0.4, -0.2) is 19.3 Å². The number of aryl methyl sites for hydroxylation is 2. The molecular weight excluding hydrogens is 250 g/mol. The number of rotatable bonds is 4. The Morgan fingerprint density at radius 3 is 2.85 bits per heavy atom. The van der Waals surface area contributed by atoms with E-state index in [4.69, 9.17) is 10.7 Å². The fourth-order valence-corrected chi connectivity index (χ4v) is 2.49. The van der Waals surface area contributed by atoms with Gasteiger partial charge in [0.25, 0.3) is 0 Å². The predicted octanol–water partition coefficient (Wildman–Crippen LogP) is 2.58. The second-order valence-electron chi connectivity index (χ2n) is 5.14. The lowest BCUT2D eigenvalue weighted by molar-refractivity contribution is 0.593. The van der Waals surface area contributed by atoms with Crippen molar-refractivity contribution in [2.45, 2.75) is 33.4 Å². The van der Waals surface area contributed by atoms with Crippen LogP contribution in [0.2, 0.25) is 0 Å². The van der Waals surface area contributed by atoms with Crippen LogP contribution < -0.4 is 5.73 Å². The molecule has 0 atom stereocenters. The van der Waals surface area contributed by atoms with Crippen LogP contribution in [0.4, 0.5) is 5.69 Å². The minimum absolute atomic E-state index is 0.644. The standard InChI is InChI=1S/C15H19N5/c1-3-6-20-14-5-4-11(2)7-13(14)18-15(20)10-19-9-12(16)8-17-19/h4-5,7-9H,3,6,10,16H2,1-2H3. The summed E-state index contributed by atoms with van der Waals surface area (Å²) in [5.74, 6) is 1.02. The lowest BCUT2D eigenvalue weighted by Gasteiger charge is -2.07. The molecule has 0 bridgehead atoms. The molecule has 0 unspecified atom stereocenters. The van der Waals surface area contributed by atoms with Crippen LogP contribution in [0.5, 0.6) is 0 Å². The van der Waals surface area contributed by atoms with Gasteiger partial charge in [0, 0.05) is 12.7 Å². The lowest BCUT2D eigenvalue weighted by atomic mass is 10.2. The highest BCUT2D eigenvalue weighted by Crippen LogP contribution is 2.19. The van der Waals surface area contributed by atoms with Crippen molar-refractivity contribution in [1.82, 2.24) is 19.3 Å². The van der Waals surface area contributed by atoms with Crippen molar-refractivity contribution < 1.29 is 0 Å². The van der Waals surface area contributed by atoms with E-state index in [1.165, 1.54) is 11.1 Å². The van der Waals surface area contributed by atoms with Crippen molar-refractivity contribution >= 4 is 16.7 Å². The van der Waals surface area contributed by atoms with E-state index in [0.717, 1.165) is 24.3 Å². The molecule has 104 valence electrons. The quantitative estimate of drug-likeness (QED) is 0.792. The van der Waals surface area contributed by atoms with E-state index < -0.39 is 0 Å². The van der Waals surface area contributed by atoms with Crippen LogP contribution in [-0.2, 0) is 13.1 Å². The molecule has 0 spiro atoms. The van der Waals surface area contributed by atoms with Crippen molar-refractivity contribution in [3.8, 4) is 0 Å². The molecule has 2 aromatic heterocycles. The van der Waals surface area contributed by atoms with Gasteiger partial charge in [-0.1, -0.05) is 13.0 Å². The van der Waals surface area contributed by atoms with Crippen LogP contribution >= 0.6 is 0 Å². The summed E-state index contributed by atoms with van der Waals surface area (Å²) in [5.41, 5.74) is 9.86. The minimum Gasteiger partial charge on any atom is -0.396 e. The molecule has 0 fully saturated rings. The topological polar surface area (TPSA) is 61.7 Å². The first-order valence-corrected chi connectivity index (χ1v) is 6.91. The monoisotopic (exact) mass is 269 g/mol. The van der Waals surface area contributed by atoms with Crippen molar-refractivity contribution in [2.75, 3.05) is 5.73 Å². The maximum absolute atomic E-state index is 5.71. The first-order valence-electron chi connectivity index (χ1n) is 6.91. The molecule has 3 aromatic rings. The molecule has 2 heterocycles. The molecule has 5 heteroatoms. The van der Waals surface area contributed by atoms with Gasteiger partial charge in [0.05, 0.1) is 29.5 Å². The lowest BCUT2D eigenvalue weighted by Crippen LogP contribution is -2.09. The first kappa shape index (κ1) is 12.7. The third-order valence-corrected chi connectivity index (χ3v) is 3.39. The Balaban J connectivity index is 2.06. The average Bonchev–Trinajstić information content (AvgIpc) is 2.95. The molecule has 0 aliphatic rings. The number of hydrogen-bond acceptors (Lipinski definition) is 3. The fraction of sp³-hybridized carbons (Fsp3) is 0.333. The van der Waals surface area contributed by atoms with Gasteiger partial charge in [0.1, 0.15) is 5.82 Å². The van der Waals surface area contributed by atoms with E-state index in [0.29, 0.717) is 12.2 Å². The van der Waals surface area contributed by atoms with E-state index in [9.17, 15) is 0 Å². The summed E-state index contributed by atoms with van der Waals surface area (Å²) in [7, 11) is 0. The maximum atomic E-state index is 5.71. The molecule has 1 aromatic carbocycles. The Hall–Kier alpha value is -2.30. The number of benzene rings is 1. The zero-order valence-corrected chi connectivity index (χ0v) is 11.9. The van der Waals surface area contributed by atoms with Gasteiger partial charge in [-0.25, -0.2) is 4.98 Å². The molecule has 20 heavy (non-hydrogen) atoms. The van der Waals surface area contributed by atoms with Crippen LogP contribution in [0, 0.1) is 6.92 Å². The molecule has 0 aliphatic carbocycles. The van der Waals surface area contributed by atoms with Gasteiger partial charge < -0.3 is 10.3 Å². The van der Waals surface area contributed by atoms with Crippen LogP contribution in [0.1, 0.15) is 24.7 Å². The summed E-state index contributed by atoms with van der Waals surface area (Å²) < 4.78 is 4.10. The predicted molar refractivity (Wildman–Crippen MR) is 80.5 cm³/mol. The third-order valence-electron chi connectivity index (χ3n) is 3.39. The number of nitrogen functional groups attached to an aromatic ring is 1. The largest absolute Gasteiger partial charge is 0.396 e. The number of hydrogen-bond donors (Lipinski definition) is 1. The highest BCUT2D eigenvalue weighted by molar-refractivity contribution is 5.76. The van der Waals surface area contributed by atoms with Gasteiger partial charge in [0.2, 0.25) is 0 Å². The van der Waals surface area contributed by atoms with E-state index in [-0.39, 0.29) is 0 Å². The summed E-state index contributed by atoms with van der Waals surface area (Å²) in [4.78, 5) is 4.76. The summed E-state index contributed by atoms with van der Waals surface area (Å²) in [6.45, 7) is 5.87. The highest BCUT2D eigenvalue weighted by Gasteiger charge is 2.11. The van der Waals surface area contributed by atoms with Gasteiger partial charge in [-0.05, 0) is 31.0 Å². The Morgan fingerprint density at radius 1 is 1.30 bits per heavy atom. The van der Waals surface area contributed by atoms with E-state index >= 15 is 0 Å². The molecule has 3 rings (SSSR count). The summed E-state index contributed by atoms with van der Waals surface area (Å²) in [5, 5.41) is 4.24. The minimum atomic E-state index is 0.644. The number of anilines is 1. The second kappa shape index (κ2) is 5.00. The van der Waals surface area contributed by atoms with Gasteiger partial charge in [-0.3, -0.25) is 4.68 Å². The van der Waals surface area contributed by atoms with Gasteiger partial charge >= 0.3 is 0 Å². The number of aromatic nitrogens is 4. The maximum Gasteiger partial charge on any atom is 0.131 e. The Bertz CT molecular complexity index is 738. The van der Waals surface area contributed by atoms with Gasteiger partial charge in [0.15, 0.2) is 0 Å². The SMILES string of the molecule is CCCn1c(Cn2cc(N)cn2)nc2cc(C)ccc21. The van der Waals surface area contributed by atoms with Crippen molar-refractivity contribution in [3.05, 3.63) is 42.0 Å². The number of nitrogens with two attached hydrogens (primary N) is 1. The second-order valence-corrected chi connectivity index (χ2v) is 5.14. The highest BCUT2D eigenvalue weighted by atomic mass is 15.3. The molecule has 2 N–H and O–H groups in total. The summed E-state index contributed by atoms with van der Waals surface area (Å²) in [6.07, 6.45) is 4.57. The molecular formula is C15H19N5. The molecule has 0 saturated carbocycles. The molecule has 0 aliphatic heterocycles. The van der Waals surface area contributed by atoms with Crippen molar-refractivity contribution in [1.29, 1.82) is 0 Å². The van der Waals surface area contributed by atoms with Crippen LogP contribution in [0.3, 0.4) is 0 Å². The fourth-order valence-electron chi connectivity index (χ4n) is 2.49. The summed E-state index contributed by atoms with van der Waals surface area (Å²) >= 11 is 0. The number of fused-ring (bicyclic) bond motifs is 1. The van der Waals surface area contributed by atoms with Gasteiger partial charge in [-0.15, -0.1) is 0 Å². The summed E-state index contributed by atoms with van der Waals surface area (Å²) in [6, 6.07) is 6.41. The van der Waals surface area contributed by atoms with Crippen LogP contribution in [0.25, 0.3) is 11.0 Å². The zero-order chi connectivity index (χ0) is 14.1.